The van der Waals surface area contributed by atoms with Crippen molar-refractivity contribution in [2.24, 2.45) is 11.7 Å². The van der Waals surface area contributed by atoms with Gasteiger partial charge in [0.05, 0.1) is 5.92 Å². The predicted octanol–water partition coefficient (Wildman–Crippen LogP) is 1.73. The van der Waals surface area contributed by atoms with E-state index in [1.54, 1.807) is 0 Å². The summed E-state index contributed by atoms with van der Waals surface area (Å²) in [6, 6.07) is 6.60. The average Bonchev–Trinajstić information content (AvgIpc) is 2.35. The van der Waals surface area contributed by atoms with E-state index >= 15 is 0 Å². The molecule has 2 atom stereocenters. The van der Waals surface area contributed by atoms with Crippen molar-refractivity contribution in [3.05, 3.63) is 33.4 Å². The number of carboxylic acid groups (broad SMARTS) is 2. The van der Waals surface area contributed by atoms with Crippen molar-refractivity contribution < 1.29 is 19.8 Å². The third-order valence-electron chi connectivity index (χ3n) is 2.89. The maximum absolute atomic E-state index is 11.2. The van der Waals surface area contributed by atoms with Crippen molar-refractivity contribution in [2.45, 2.75) is 25.3 Å². The fourth-order valence-electron chi connectivity index (χ4n) is 1.72. The van der Waals surface area contributed by atoms with Gasteiger partial charge in [0.25, 0.3) is 0 Å². The number of hydrogen-bond donors (Lipinski definition) is 3. The van der Waals surface area contributed by atoms with Crippen LogP contribution in [-0.2, 0) is 16.0 Å². The summed E-state index contributed by atoms with van der Waals surface area (Å²) in [6.45, 7) is 0. The topological polar surface area (TPSA) is 101 Å². The van der Waals surface area contributed by atoms with Crippen molar-refractivity contribution >= 4 is 34.5 Å². The van der Waals surface area contributed by atoms with E-state index < -0.39 is 23.9 Å². The maximum atomic E-state index is 11.2. The summed E-state index contributed by atoms with van der Waals surface area (Å²) in [5.74, 6) is -2.62. The zero-order valence-electron chi connectivity index (χ0n) is 10.3. The molecule has 1 aromatic rings. The minimum absolute atomic E-state index is 0.163. The van der Waals surface area contributed by atoms with Gasteiger partial charge in [0.1, 0.15) is 6.04 Å². The lowest BCUT2D eigenvalue weighted by Gasteiger charge is -2.14. The van der Waals surface area contributed by atoms with Gasteiger partial charge in [0, 0.05) is 3.57 Å². The Balaban J connectivity index is 2.60. The van der Waals surface area contributed by atoms with Crippen LogP contribution in [0.5, 0.6) is 0 Å². The van der Waals surface area contributed by atoms with Crippen LogP contribution in [0, 0.1) is 9.49 Å². The van der Waals surface area contributed by atoms with E-state index in [0.717, 1.165) is 9.13 Å². The molecule has 0 unspecified atom stereocenters. The van der Waals surface area contributed by atoms with Crippen LogP contribution in [0.1, 0.15) is 18.4 Å². The fraction of sp³-hybridized carbons (Fsp3) is 0.385. The van der Waals surface area contributed by atoms with Gasteiger partial charge in [-0.3, -0.25) is 9.59 Å². The van der Waals surface area contributed by atoms with Crippen LogP contribution < -0.4 is 5.73 Å². The van der Waals surface area contributed by atoms with E-state index in [-0.39, 0.29) is 12.8 Å². The van der Waals surface area contributed by atoms with E-state index in [2.05, 4.69) is 22.6 Å². The SMILES string of the molecule is N[C@@H](CC[C@@H](Cc1ccc([125I])cc1)C(=O)O)C(=O)O. The number of hydrogen-bond acceptors (Lipinski definition) is 3. The molecule has 0 spiro atoms. The summed E-state index contributed by atoms with van der Waals surface area (Å²) in [5, 5.41) is 17.8. The van der Waals surface area contributed by atoms with Crippen LogP contribution in [0.3, 0.4) is 0 Å². The van der Waals surface area contributed by atoms with Gasteiger partial charge in [-0.1, -0.05) is 12.1 Å². The van der Waals surface area contributed by atoms with Crippen LogP contribution in [0.4, 0.5) is 0 Å². The molecule has 6 heteroatoms. The molecule has 0 aromatic heterocycles. The highest BCUT2D eigenvalue weighted by Crippen LogP contribution is 2.17. The number of carbonyl (C=O) groups is 2. The van der Waals surface area contributed by atoms with E-state index in [4.69, 9.17) is 15.9 Å². The van der Waals surface area contributed by atoms with Gasteiger partial charge in [-0.15, -0.1) is 0 Å². The van der Waals surface area contributed by atoms with Crippen LogP contribution in [0.15, 0.2) is 24.3 Å². The molecule has 0 aliphatic rings. The molecular formula is C13H16INO4. The summed E-state index contributed by atoms with van der Waals surface area (Å²) in [5.41, 5.74) is 6.31. The van der Waals surface area contributed by atoms with Gasteiger partial charge in [0.2, 0.25) is 0 Å². The van der Waals surface area contributed by atoms with Gasteiger partial charge in [-0.2, -0.15) is 0 Å². The Morgan fingerprint density at radius 3 is 2.16 bits per heavy atom. The molecule has 0 bridgehead atoms. The quantitative estimate of drug-likeness (QED) is 0.631. The fourth-order valence-corrected chi connectivity index (χ4v) is 2.08. The number of benzene rings is 1. The first-order valence-corrected chi connectivity index (χ1v) is 6.93. The number of halogens is 1. The van der Waals surface area contributed by atoms with Crippen LogP contribution >= 0.6 is 22.6 Å². The molecule has 0 saturated carbocycles. The molecule has 19 heavy (non-hydrogen) atoms. The highest BCUT2D eigenvalue weighted by atomic mass is 125. The normalized spacial score (nSPS) is 13.8. The third kappa shape index (κ3) is 5.56. The van der Waals surface area contributed by atoms with Gasteiger partial charge < -0.3 is 15.9 Å². The Labute approximate surface area is 124 Å². The van der Waals surface area contributed by atoms with Gasteiger partial charge >= 0.3 is 11.9 Å². The van der Waals surface area contributed by atoms with Crippen molar-refractivity contribution in [1.82, 2.24) is 0 Å². The highest BCUT2D eigenvalue weighted by Gasteiger charge is 2.21. The third-order valence-corrected chi connectivity index (χ3v) is 3.61. The Bertz CT molecular complexity index is 446. The minimum atomic E-state index is -1.10. The second kappa shape index (κ2) is 7.44. The lowest BCUT2D eigenvalue weighted by Crippen LogP contribution is -2.31. The summed E-state index contributed by atoms with van der Waals surface area (Å²) in [4.78, 5) is 21.8. The Hall–Kier alpha value is -1.15. The Morgan fingerprint density at radius 2 is 1.68 bits per heavy atom. The van der Waals surface area contributed by atoms with Crippen LogP contribution in [-0.4, -0.2) is 28.2 Å². The van der Waals surface area contributed by atoms with Crippen molar-refractivity contribution in [1.29, 1.82) is 0 Å². The minimum Gasteiger partial charge on any atom is -0.481 e. The number of aliphatic carboxylic acids is 2. The second-order valence-corrected chi connectivity index (χ2v) is 5.63. The summed E-state index contributed by atoms with van der Waals surface area (Å²) in [6.07, 6.45) is 0.810. The Morgan fingerprint density at radius 1 is 1.11 bits per heavy atom. The predicted molar refractivity (Wildman–Crippen MR) is 78.8 cm³/mol. The molecule has 1 rings (SSSR count). The molecule has 0 amide bonds. The summed E-state index contributed by atoms with van der Waals surface area (Å²) >= 11 is 2.18. The lowest BCUT2D eigenvalue weighted by atomic mass is 9.93. The number of carboxylic acids is 2. The van der Waals surface area contributed by atoms with E-state index in [9.17, 15) is 9.59 Å². The Kier molecular flexibility index (Phi) is 6.23. The highest BCUT2D eigenvalue weighted by molar-refractivity contribution is 14.1. The molecule has 0 saturated heterocycles. The molecule has 0 heterocycles. The van der Waals surface area contributed by atoms with E-state index in [0.29, 0.717) is 6.42 Å². The summed E-state index contributed by atoms with van der Waals surface area (Å²) < 4.78 is 1.08. The molecule has 0 aliphatic heterocycles. The first kappa shape index (κ1) is 15.9. The average molecular weight is 375 g/mol. The number of rotatable bonds is 7. The molecule has 1 aromatic carbocycles. The zero-order chi connectivity index (χ0) is 14.4. The van der Waals surface area contributed by atoms with Crippen molar-refractivity contribution in [3.63, 3.8) is 0 Å². The monoisotopic (exact) mass is 375 g/mol. The first-order chi connectivity index (χ1) is 8.90. The van der Waals surface area contributed by atoms with Crippen LogP contribution in [0.2, 0.25) is 0 Å². The molecule has 5 nitrogen and oxygen atoms in total. The standard InChI is InChI=1S/C13H16INO4/c14-10-4-1-8(2-5-10)7-9(12(16)17)3-6-11(15)13(18)19/h1-2,4-5,9,11H,3,6-7,15H2,(H,16,17)(H,18,19)/t9-,11-/m0/s1/i14-2. The lowest BCUT2D eigenvalue weighted by molar-refractivity contribution is -0.143. The molecular weight excluding hydrogens is 359 g/mol. The van der Waals surface area contributed by atoms with Crippen molar-refractivity contribution in [3.8, 4) is 0 Å². The molecule has 0 radical (unpaired) electrons. The van der Waals surface area contributed by atoms with E-state index in [1.807, 2.05) is 24.3 Å². The largest absolute Gasteiger partial charge is 0.481 e. The summed E-state index contributed by atoms with van der Waals surface area (Å²) in [7, 11) is 0. The van der Waals surface area contributed by atoms with Crippen molar-refractivity contribution in [2.75, 3.05) is 0 Å². The smallest absolute Gasteiger partial charge is 0.320 e. The molecule has 0 fully saturated rings. The van der Waals surface area contributed by atoms with Gasteiger partial charge in [-0.05, 0) is 59.5 Å². The first-order valence-electron chi connectivity index (χ1n) is 5.85. The second-order valence-electron chi connectivity index (χ2n) is 4.39. The van der Waals surface area contributed by atoms with E-state index in [1.165, 1.54) is 0 Å². The van der Waals surface area contributed by atoms with Gasteiger partial charge in [-0.25, -0.2) is 0 Å². The number of nitrogens with two attached hydrogens (primary N) is 1. The van der Waals surface area contributed by atoms with Gasteiger partial charge in [0.15, 0.2) is 0 Å². The maximum Gasteiger partial charge on any atom is 0.320 e. The molecule has 0 aliphatic carbocycles. The van der Waals surface area contributed by atoms with Crippen LogP contribution in [0.25, 0.3) is 0 Å². The zero-order valence-corrected chi connectivity index (χ0v) is 12.4. The molecule has 4 N–H and O–H groups in total. The molecule has 104 valence electrons.